The summed E-state index contributed by atoms with van der Waals surface area (Å²) in [5.74, 6) is 1.92. The molecule has 0 saturated carbocycles. The Bertz CT molecular complexity index is 2020. The number of para-hydroxylation sites is 2. The number of halogens is 4. The van der Waals surface area contributed by atoms with Gasteiger partial charge in [0.25, 0.3) is 0 Å². The average molecular weight is 1010 g/mol. The number of hydrogen-bond donors (Lipinski definition) is 0. The maximum atomic E-state index is 4.59. The Kier molecular flexibility index (Phi) is 12.3. The van der Waals surface area contributed by atoms with Crippen LogP contribution in [-0.2, 0) is 0 Å². The second kappa shape index (κ2) is 15.3. The molecule has 0 aliphatic rings. The van der Waals surface area contributed by atoms with E-state index in [9.17, 15) is 0 Å². The third-order valence-electron chi connectivity index (χ3n) is 7.03. The first-order valence-corrected chi connectivity index (χ1v) is 15.0. The number of aromatic nitrogens is 4. The van der Waals surface area contributed by atoms with Crippen LogP contribution in [-0.4, -0.2) is 19.1 Å². The summed E-state index contributed by atoms with van der Waals surface area (Å²) < 4.78 is 6.75. The van der Waals surface area contributed by atoms with Crippen molar-refractivity contribution in [1.29, 1.82) is 0 Å². The number of pyridine rings is 2. The van der Waals surface area contributed by atoms with Crippen molar-refractivity contribution in [2.45, 2.75) is 0 Å². The van der Waals surface area contributed by atoms with Gasteiger partial charge < -0.3 is 57.1 Å². The van der Waals surface area contributed by atoms with Crippen LogP contribution in [0.4, 0.5) is 0 Å². The second-order valence-corrected chi connectivity index (χ2v) is 12.0. The summed E-state index contributed by atoms with van der Waals surface area (Å²) in [5, 5.41) is 7.25. The van der Waals surface area contributed by atoms with Crippen molar-refractivity contribution in [3.63, 3.8) is 0 Å². The fourth-order valence-corrected chi connectivity index (χ4v) is 6.06. The molecule has 0 fully saturated rings. The molecular formula is C34H22I4N4Na-. The van der Waals surface area contributed by atoms with Gasteiger partial charge in [-0.05, 0) is 127 Å². The van der Waals surface area contributed by atoms with E-state index in [0.717, 1.165) is 11.6 Å². The Balaban J connectivity index is 0.000000184. The molecule has 0 saturated heterocycles. The predicted molar refractivity (Wildman–Crippen MR) is 183 cm³/mol. The number of nitrogens with zero attached hydrogens (tertiary/aromatic N) is 4. The zero-order valence-corrected chi connectivity index (χ0v) is 33.6. The number of hydrogen-bond acceptors (Lipinski definition) is 2. The van der Waals surface area contributed by atoms with E-state index in [-0.39, 0.29) is 77.5 Å². The third kappa shape index (κ3) is 7.41. The van der Waals surface area contributed by atoms with Crippen LogP contribution in [0.25, 0.3) is 55.0 Å². The smallest absolute Gasteiger partial charge is 1.00 e. The van der Waals surface area contributed by atoms with Crippen LogP contribution >= 0.6 is 45.2 Å². The van der Waals surface area contributed by atoms with Crippen LogP contribution in [0, 0.1) is 7.14 Å². The van der Waals surface area contributed by atoms with Crippen molar-refractivity contribution >= 4 is 88.5 Å². The van der Waals surface area contributed by atoms with E-state index in [2.05, 4.69) is 186 Å². The molecule has 4 aromatic heterocycles. The van der Waals surface area contributed by atoms with Gasteiger partial charge in [-0.3, -0.25) is 0 Å². The van der Waals surface area contributed by atoms with Crippen molar-refractivity contribution in [1.82, 2.24) is 19.1 Å². The van der Waals surface area contributed by atoms with E-state index >= 15 is 0 Å². The molecule has 43 heavy (non-hydrogen) atoms. The quantitative estimate of drug-likeness (QED) is 0.188. The molecule has 208 valence electrons. The minimum atomic E-state index is 0. The molecule has 0 radical (unpaired) electrons. The standard InChI is InChI=1S/2C17H11IN2.2HI.Na/c2*18-15-6-5-13-11-19-17(10-14(13)9-15)20-8-7-12-3-1-2-4-16(12)20;;;/h2*1-11H;2*1H;/q;;;;+1/p-2/i18-4;;1-4;;. The maximum Gasteiger partial charge on any atom is 1.00 e. The molecule has 4 aromatic carbocycles. The molecular weight excluding hydrogens is 987 g/mol. The normalized spacial score (nSPS) is 10.5. The number of benzene rings is 4. The van der Waals surface area contributed by atoms with Crippen molar-refractivity contribution in [3.8, 4) is 11.6 Å². The summed E-state index contributed by atoms with van der Waals surface area (Å²) in [6.45, 7) is 0. The third-order valence-corrected chi connectivity index (χ3v) is 8.37. The van der Waals surface area contributed by atoms with Gasteiger partial charge in [0, 0.05) is 42.7 Å². The first-order valence-electron chi connectivity index (χ1n) is 12.9. The van der Waals surface area contributed by atoms with Crippen molar-refractivity contribution in [2.75, 3.05) is 0 Å². The van der Waals surface area contributed by atoms with Gasteiger partial charge in [-0.1, -0.05) is 48.5 Å². The van der Waals surface area contributed by atoms with Gasteiger partial charge in [0.05, 0.1) is 11.0 Å². The van der Waals surface area contributed by atoms with Gasteiger partial charge >= 0.3 is 29.6 Å². The van der Waals surface area contributed by atoms with Crippen LogP contribution in [0.2, 0.25) is 0 Å². The summed E-state index contributed by atoms with van der Waals surface area (Å²) in [6.07, 6.45) is 8.03. The monoisotopic (exact) mass is 1010 g/mol. The Morgan fingerprint density at radius 1 is 0.535 bits per heavy atom. The van der Waals surface area contributed by atoms with Crippen LogP contribution in [0.3, 0.4) is 0 Å². The zero-order valence-electron chi connectivity index (χ0n) is 23.0. The van der Waals surface area contributed by atoms with Crippen LogP contribution in [0.1, 0.15) is 0 Å². The van der Waals surface area contributed by atoms with Gasteiger partial charge in [0.1, 0.15) is 11.6 Å². The Labute approximate surface area is 333 Å². The Morgan fingerprint density at radius 2 is 1.02 bits per heavy atom. The Morgan fingerprint density at radius 3 is 1.58 bits per heavy atom. The fraction of sp³-hybridized carbons (Fsp3) is 0. The van der Waals surface area contributed by atoms with E-state index in [4.69, 9.17) is 0 Å². The molecule has 0 N–H and O–H groups in total. The van der Waals surface area contributed by atoms with E-state index in [1.54, 1.807) is 0 Å². The average Bonchev–Trinajstić information content (AvgIpc) is 3.62. The van der Waals surface area contributed by atoms with E-state index in [0.29, 0.717) is 0 Å². The molecule has 4 heterocycles. The largest absolute Gasteiger partial charge is 1.00 e. The predicted octanol–water partition coefficient (Wildman–Crippen LogP) is 0.579. The topological polar surface area (TPSA) is 35.6 Å². The molecule has 8 rings (SSSR count). The molecule has 0 aliphatic heterocycles. The first kappa shape index (κ1) is 34.6. The van der Waals surface area contributed by atoms with Gasteiger partial charge in [0.2, 0.25) is 0 Å². The molecule has 0 amide bonds. The molecule has 0 aliphatic carbocycles. The summed E-state index contributed by atoms with van der Waals surface area (Å²) in [6, 6.07) is 38.1. The molecule has 0 spiro atoms. The van der Waals surface area contributed by atoms with Crippen molar-refractivity contribution in [3.05, 3.63) is 141 Å². The number of rotatable bonds is 2. The van der Waals surface area contributed by atoms with Crippen molar-refractivity contribution in [2.24, 2.45) is 0 Å². The molecule has 0 unspecified atom stereocenters. The summed E-state index contributed by atoms with van der Waals surface area (Å²) >= 11 is 4.68. The fourth-order valence-electron chi connectivity index (χ4n) is 5.03. The zero-order chi connectivity index (χ0) is 27.1. The molecule has 0 bridgehead atoms. The van der Waals surface area contributed by atoms with Gasteiger partial charge in [-0.2, -0.15) is 0 Å². The molecule has 0 atom stereocenters. The Hall–Kier alpha value is -1.30. The van der Waals surface area contributed by atoms with Crippen LogP contribution in [0.15, 0.2) is 134 Å². The van der Waals surface area contributed by atoms with Crippen LogP contribution in [0.5, 0.6) is 0 Å². The summed E-state index contributed by atoms with van der Waals surface area (Å²) in [4.78, 5) is 9.18. The summed E-state index contributed by atoms with van der Waals surface area (Å²) in [7, 11) is 0. The minimum Gasteiger partial charge on any atom is -1.00 e. The minimum absolute atomic E-state index is 0. The van der Waals surface area contributed by atoms with Gasteiger partial charge in [-0.15, -0.1) is 0 Å². The van der Waals surface area contributed by atoms with Crippen LogP contribution < -0.4 is 77.5 Å². The number of fused-ring (bicyclic) bond motifs is 4. The van der Waals surface area contributed by atoms with Gasteiger partial charge in [-0.25, -0.2) is 9.97 Å². The van der Waals surface area contributed by atoms with Gasteiger partial charge in [0.15, 0.2) is 0 Å². The molecule has 8 aromatic rings. The van der Waals surface area contributed by atoms with Crippen molar-refractivity contribution < 1.29 is 77.5 Å². The van der Waals surface area contributed by atoms with E-state index < -0.39 is 0 Å². The van der Waals surface area contributed by atoms with E-state index in [1.807, 2.05) is 12.4 Å². The SMILES string of the molecule is Ic1ccc2cnc(-n3ccc4ccccc43)cc2c1.[123I-].[123I]c1ccc2cnc(-n3ccc4ccccc43)cc2c1.[I-].[Na+]. The molecule has 9 heteroatoms. The van der Waals surface area contributed by atoms with E-state index in [1.165, 1.54) is 50.5 Å². The second-order valence-electron chi connectivity index (χ2n) is 9.56. The summed E-state index contributed by atoms with van der Waals surface area (Å²) in [5.41, 5.74) is 2.37. The maximum absolute atomic E-state index is 4.59. The molecule has 4 nitrogen and oxygen atoms in total. The first-order chi connectivity index (χ1) is 19.6.